The lowest BCUT2D eigenvalue weighted by Crippen LogP contribution is -2.36. The zero-order valence-electron chi connectivity index (χ0n) is 13.4. The fraction of sp³-hybridized carbons (Fsp3) is 0.267. The Hall–Kier alpha value is -1.94. The van der Waals surface area contributed by atoms with E-state index in [1.807, 2.05) is 6.07 Å². The average Bonchev–Trinajstić information content (AvgIpc) is 3.05. The van der Waals surface area contributed by atoms with Crippen molar-refractivity contribution in [2.24, 2.45) is 4.99 Å². The van der Waals surface area contributed by atoms with Crippen molar-refractivity contribution in [3.05, 3.63) is 51.2 Å². The summed E-state index contributed by atoms with van der Waals surface area (Å²) in [5.41, 5.74) is -0.388. The number of rotatable bonds is 4. The largest absolute Gasteiger partial charge is 0.434 e. The van der Waals surface area contributed by atoms with Crippen molar-refractivity contribution in [1.29, 1.82) is 5.26 Å². The third-order valence-corrected chi connectivity index (χ3v) is 3.95. The maximum atomic E-state index is 13.8. The minimum absolute atomic E-state index is 0. The van der Waals surface area contributed by atoms with Crippen molar-refractivity contribution < 1.29 is 17.6 Å². The molecule has 0 spiro atoms. The maximum Gasteiger partial charge on any atom is 0.434 e. The standard InChI is InChI=1S/C15H13F4N5S.HI/c1-21-14(22-6-10-3-2-9(5-20)4-11(10)16)23-7-13-24-12(8-25-13)15(17,18)19;/h2-4,8H,6-7H2,1H3,(H2,21,22,23);1H. The monoisotopic (exact) mass is 499 g/mol. The van der Waals surface area contributed by atoms with Crippen LogP contribution in [0.3, 0.4) is 0 Å². The molecule has 1 heterocycles. The molecule has 0 aliphatic heterocycles. The van der Waals surface area contributed by atoms with Crippen LogP contribution < -0.4 is 10.6 Å². The van der Waals surface area contributed by atoms with Gasteiger partial charge in [0.25, 0.3) is 0 Å². The quantitative estimate of drug-likeness (QED) is 0.292. The van der Waals surface area contributed by atoms with Gasteiger partial charge in [0.15, 0.2) is 11.7 Å². The fourth-order valence-electron chi connectivity index (χ4n) is 1.84. The van der Waals surface area contributed by atoms with Gasteiger partial charge in [-0.1, -0.05) is 6.07 Å². The first-order chi connectivity index (χ1) is 11.8. The molecule has 1 aromatic heterocycles. The number of aliphatic imine (C=N–C) groups is 1. The minimum atomic E-state index is -4.47. The molecule has 0 atom stereocenters. The van der Waals surface area contributed by atoms with Gasteiger partial charge in [-0.2, -0.15) is 18.4 Å². The maximum absolute atomic E-state index is 13.8. The summed E-state index contributed by atoms with van der Waals surface area (Å²) in [7, 11) is 1.48. The van der Waals surface area contributed by atoms with Crippen LogP contribution in [0.15, 0.2) is 28.6 Å². The van der Waals surface area contributed by atoms with Crippen LogP contribution in [0.1, 0.15) is 21.8 Å². The topological polar surface area (TPSA) is 73.1 Å². The molecule has 0 aliphatic carbocycles. The van der Waals surface area contributed by atoms with Crippen molar-refractivity contribution in [2.75, 3.05) is 7.05 Å². The van der Waals surface area contributed by atoms with Gasteiger partial charge in [0.05, 0.1) is 18.2 Å². The van der Waals surface area contributed by atoms with Crippen LogP contribution in [0.25, 0.3) is 0 Å². The third-order valence-electron chi connectivity index (χ3n) is 3.10. The Morgan fingerprint density at radius 3 is 2.54 bits per heavy atom. The van der Waals surface area contributed by atoms with Gasteiger partial charge in [-0.15, -0.1) is 35.3 Å². The van der Waals surface area contributed by atoms with E-state index in [4.69, 9.17) is 5.26 Å². The Labute approximate surface area is 168 Å². The van der Waals surface area contributed by atoms with Crippen LogP contribution in [0.4, 0.5) is 17.6 Å². The van der Waals surface area contributed by atoms with Crippen molar-refractivity contribution in [3.8, 4) is 6.07 Å². The molecule has 0 radical (unpaired) electrons. The average molecular weight is 499 g/mol. The molecule has 11 heteroatoms. The van der Waals surface area contributed by atoms with Crippen molar-refractivity contribution in [3.63, 3.8) is 0 Å². The Bertz CT molecular complexity index is 813. The number of aromatic nitrogens is 1. The van der Waals surface area contributed by atoms with Gasteiger partial charge < -0.3 is 10.6 Å². The van der Waals surface area contributed by atoms with Gasteiger partial charge in [0.2, 0.25) is 0 Å². The van der Waals surface area contributed by atoms with E-state index in [9.17, 15) is 17.6 Å². The second-order valence-electron chi connectivity index (χ2n) is 4.82. The summed E-state index contributed by atoms with van der Waals surface area (Å²) in [6.45, 7) is 0.152. The van der Waals surface area contributed by atoms with Crippen LogP contribution >= 0.6 is 35.3 Å². The van der Waals surface area contributed by atoms with Gasteiger partial charge in [-0.25, -0.2) is 9.37 Å². The number of alkyl halides is 3. The highest BCUT2D eigenvalue weighted by atomic mass is 127. The van der Waals surface area contributed by atoms with Gasteiger partial charge in [-0.3, -0.25) is 4.99 Å². The number of nitrogens with zero attached hydrogens (tertiary/aromatic N) is 3. The molecule has 26 heavy (non-hydrogen) atoms. The lowest BCUT2D eigenvalue weighted by molar-refractivity contribution is -0.140. The van der Waals surface area contributed by atoms with Crippen LogP contribution in [-0.4, -0.2) is 18.0 Å². The molecule has 0 bridgehead atoms. The van der Waals surface area contributed by atoms with Gasteiger partial charge in [-0.05, 0) is 12.1 Å². The van der Waals surface area contributed by atoms with Crippen LogP contribution in [0.5, 0.6) is 0 Å². The summed E-state index contributed by atoms with van der Waals surface area (Å²) < 4.78 is 51.3. The fourth-order valence-corrected chi connectivity index (χ4v) is 2.58. The van der Waals surface area contributed by atoms with E-state index in [-0.39, 0.29) is 53.6 Å². The number of benzene rings is 1. The first kappa shape index (κ1) is 22.1. The van der Waals surface area contributed by atoms with E-state index in [0.29, 0.717) is 5.56 Å². The zero-order valence-corrected chi connectivity index (χ0v) is 16.5. The lowest BCUT2D eigenvalue weighted by atomic mass is 10.1. The van der Waals surface area contributed by atoms with Gasteiger partial charge in [0.1, 0.15) is 10.8 Å². The summed E-state index contributed by atoms with van der Waals surface area (Å²) >= 11 is 0.883. The molecule has 0 saturated heterocycles. The normalized spacial score (nSPS) is 11.5. The lowest BCUT2D eigenvalue weighted by Gasteiger charge is -2.11. The summed E-state index contributed by atoms with van der Waals surface area (Å²) in [6.07, 6.45) is -4.47. The molecule has 2 aromatic rings. The van der Waals surface area contributed by atoms with Crippen molar-refractivity contribution >= 4 is 41.3 Å². The highest BCUT2D eigenvalue weighted by Crippen LogP contribution is 2.29. The number of thiazole rings is 1. The summed E-state index contributed by atoms with van der Waals surface area (Å²) in [4.78, 5) is 7.41. The molecule has 1 aromatic carbocycles. The van der Waals surface area contributed by atoms with E-state index in [1.165, 1.54) is 19.2 Å². The van der Waals surface area contributed by atoms with Crippen LogP contribution in [-0.2, 0) is 19.3 Å². The number of hydrogen-bond acceptors (Lipinski definition) is 4. The smallest absolute Gasteiger partial charge is 0.352 e. The minimum Gasteiger partial charge on any atom is -0.352 e. The molecule has 2 N–H and O–H groups in total. The molecule has 0 amide bonds. The Kier molecular flexibility index (Phi) is 8.22. The highest BCUT2D eigenvalue weighted by Gasteiger charge is 2.33. The third kappa shape index (κ3) is 6.10. The molecule has 2 rings (SSSR count). The molecule has 5 nitrogen and oxygen atoms in total. The second kappa shape index (κ2) is 9.67. The van der Waals surface area contributed by atoms with E-state index in [0.717, 1.165) is 22.8 Å². The summed E-state index contributed by atoms with van der Waals surface area (Å²) in [5, 5.41) is 15.5. The second-order valence-corrected chi connectivity index (χ2v) is 5.76. The molecule has 0 unspecified atom stereocenters. The Morgan fingerprint density at radius 1 is 1.31 bits per heavy atom. The van der Waals surface area contributed by atoms with Crippen molar-refractivity contribution in [1.82, 2.24) is 15.6 Å². The van der Waals surface area contributed by atoms with E-state index < -0.39 is 17.7 Å². The molecule has 0 fully saturated rings. The highest BCUT2D eigenvalue weighted by molar-refractivity contribution is 14.0. The SMILES string of the molecule is CN=C(NCc1nc(C(F)(F)F)cs1)NCc1ccc(C#N)cc1F.I. The first-order valence-corrected chi connectivity index (χ1v) is 7.86. The number of halogens is 5. The van der Waals surface area contributed by atoms with E-state index in [1.54, 1.807) is 0 Å². The predicted molar refractivity (Wildman–Crippen MR) is 101 cm³/mol. The van der Waals surface area contributed by atoms with Crippen molar-refractivity contribution in [2.45, 2.75) is 19.3 Å². The van der Waals surface area contributed by atoms with E-state index >= 15 is 0 Å². The number of hydrogen-bond donors (Lipinski definition) is 2. The number of nitrogens with one attached hydrogen (secondary N) is 2. The summed E-state index contributed by atoms with van der Waals surface area (Å²) in [6, 6.07) is 5.93. The van der Waals surface area contributed by atoms with Crippen LogP contribution in [0, 0.1) is 17.1 Å². The summed E-state index contributed by atoms with van der Waals surface area (Å²) in [5.74, 6) is -0.246. The zero-order chi connectivity index (χ0) is 18.4. The van der Waals surface area contributed by atoms with E-state index in [2.05, 4.69) is 20.6 Å². The molecule has 0 aliphatic rings. The predicted octanol–water partition coefficient (Wildman–Crippen LogP) is 3.66. The first-order valence-electron chi connectivity index (χ1n) is 6.98. The Balaban J connectivity index is 0.00000338. The molecular formula is C15H14F4IN5S. The molecule has 140 valence electrons. The van der Waals surface area contributed by atoms with Crippen LogP contribution in [0.2, 0.25) is 0 Å². The van der Waals surface area contributed by atoms with Gasteiger partial charge in [0, 0.05) is 24.5 Å². The molecule has 0 saturated carbocycles. The Morgan fingerprint density at radius 2 is 2.00 bits per heavy atom. The number of guanidine groups is 1. The van der Waals surface area contributed by atoms with Gasteiger partial charge >= 0.3 is 6.18 Å². The molecular weight excluding hydrogens is 485 g/mol. The number of nitriles is 1.